The summed E-state index contributed by atoms with van der Waals surface area (Å²) in [7, 11) is 0. The Labute approximate surface area is 495 Å². The first-order valence-electron chi connectivity index (χ1n) is 36.5. The Morgan fingerprint density at radius 3 is 0.861 bits per heavy atom. The van der Waals surface area contributed by atoms with E-state index in [4.69, 9.17) is 4.74 Å². The summed E-state index contributed by atoms with van der Waals surface area (Å²) < 4.78 is 5.52. The SMILES string of the molecule is CCCCCCCCCCCCCCC/C=C/C(O)C(CO)NC(=O)CCCCCCCCCCCCCCCCCCCCCCCCCCCCCCOC(=O)CCCCCCCCCCCCCCCCCCCCC. The number of aliphatic hydroxyl groups excluding tert-OH is 2. The van der Waals surface area contributed by atoms with Crippen LogP contribution in [-0.2, 0) is 14.3 Å². The summed E-state index contributed by atoms with van der Waals surface area (Å²) in [5.74, 6) is -0.0374. The van der Waals surface area contributed by atoms with Gasteiger partial charge in [-0.25, -0.2) is 0 Å². The number of carbonyl (C=O) groups excluding carboxylic acids is 2. The highest BCUT2D eigenvalue weighted by Gasteiger charge is 2.18. The number of ether oxygens (including phenoxy) is 1. The first-order chi connectivity index (χ1) is 39.0. The Bertz CT molecular complexity index is 1190. The number of unbranched alkanes of at least 4 members (excludes halogenated alkanes) is 58. The van der Waals surface area contributed by atoms with E-state index in [1.165, 1.54) is 353 Å². The van der Waals surface area contributed by atoms with E-state index in [0.29, 0.717) is 19.4 Å². The van der Waals surface area contributed by atoms with Crippen LogP contribution in [0.1, 0.15) is 418 Å². The Hall–Kier alpha value is -1.40. The van der Waals surface area contributed by atoms with Gasteiger partial charge in [-0.2, -0.15) is 0 Å². The maximum absolute atomic E-state index is 12.5. The number of carbonyl (C=O) groups is 2. The number of rotatable bonds is 69. The molecule has 0 spiro atoms. The standard InChI is InChI=1S/C73H143NO5/c1-3-5-7-9-11-13-15-17-19-20-31-35-39-43-47-51-55-59-63-67-73(78)79-68-64-60-56-52-48-44-40-36-33-30-28-26-24-22-21-23-25-27-29-32-34-38-42-46-50-54-58-62-66-72(77)74-70(69-75)71(76)65-61-57-53-49-45-41-37-18-16-14-12-10-8-6-4-2/h61,65,70-71,75-76H,3-60,62-64,66-69H2,1-2H3,(H,74,77)/b65-61+. The summed E-state index contributed by atoms with van der Waals surface area (Å²) >= 11 is 0. The molecule has 0 rings (SSSR count). The second kappa shape index (κ2) is 69.1. The van der Waals surface area contributed by atoms with Crippen molar-refractivity contribution in [3.8, 4) is 0 Å². The third-order valence-corrected chi connectivity index (χ3v) is 17.3. The van der Waals surface area contributed by atoms with Crippen LogP contribution in [-0.4, -0.2) is 47.4 Å². The van der Waals surface area contributed by atoms with Crippen LogP contribution < -0.4 is 5.32 Å². The molecule has 0 aromatic carbocycles. The molecule has 6 heteroatoms. The molecule has 3 N–H and O–H groups in total. The predicted octanol–water partition coefficient (Wildman–Crippen LogP) is 23.5. The van der Waals surface area contributed by atoms with Crippen LogP contribution in [0, 0.1) is 0 Å². The van der Waals surface area contributed by atoms with Crippen molar-refractivity contribution in [2.24, 2.45) is 0 Å². The average Bonchev–Trinajstić information content (AvgIpc) is 3.45. The summed E-state index contributed by atoms with van der Waals surface area (Å²) in [6.07, 6.45) is 85.9. The summed E-state index contributed by atoms with van der Waals surface area (Å²) in [5.41, 5.74) is 0. The van der Waals surface area contributed by atoms with Crippen molar-refractivity contribution >= 4 is 11.9 Å². The predicted molar refractivity (Wildman–Crippen MR) is 347 cm³/mol. The average molecular weight is 1110 g/mol. The quantitative estimate of drug-likeness (QED) is 0.0320. The van der Waals surface area contributed by atoms with Gasteiger partial charge in [-0.15, -0.1) is 0 Å². The highest BCUT2D eigenvalue weighted by molar-refractivity contribution is 5.76. The van der Waals surface area contributed by atoms with Gasteiger partial charge in [0.25, 0.3) is 0 Å². The lowest BCUT2D eigenvalue weighted by Gasteiger charge is -2.20. The second-order valence-electron chi connectivity index (χ2n) is 25.3. The zero-order chi connectivity index (χ0) is 57.1. The van der Waals surface area contributed by atoms with Crippen molar-refractivity contribution in [2.45, 2.75) is 431 Å². The van der Waals surface area contributed by atoms with E-state index in [1.807, 2.05) is 6.08 Å². The second-order valence-corrected chi connectivity index (χ2v) is 25.3. The van der Waals surface area contributed by atoms with Crippen molar-refractivity contribution in [2.75, 3.05) is 13.2 Å². The van der Waals surface area contributed by atoms with Crippen molar-refractivity contribution < 1.29 is 24.5 Å². The zero-order valence-corrected chi connectivity index (χ0v) is 53.9. The van der Waals surface area contributed by atoms with Crippen LogP contribution in [0.3, 0.4) is 0 Å². The third-order valence-electron chi connectivity index (χ3n) is 17.3. The molecular formula is C73H143NO5. The molecule has 0 aliphatic rings. The first kappa shape index (κ1) is 77.6. The number of esters is 1. The normalized spacial score (nSPS) is 12.5. The minimum Gasteiger partial charge on any atom is -0.466 e. The highest BCUT2D eigenvalue weighted by atomic mass is 16.5. The van der Waals surface area contributed by atoms with Gasteiger partial charge in [-0.3, -0.25) is 9.59 Å². The molecule has 0 heterocycles. The van der Waals surface area contributed by atoms with E-state index in [-0.39, 0.29) is 18.5 Å². The molecule has 2 atom stereocenters. The number of hydrogen-bond acceptors (Lipinski definition) is 5. The van der Waals surface area contributed by atoms with Gasteiger partial charge < -0.3 is 20.3 Å². The monoisotopic (exact) mass is 1110 g/mol. The van der Waals surface area contributed by atoms with E-state index >= 15 is 0 Å². The molecule has 0 saturated heterocycles. The minimum atomic E-state index is -0.841. The Kier molecular flexibility index (Phi) is 67.9. The van der Waals surface area contributed by atoms with Crippen molar-refractivity contribution in [1.82, 2.24) is 5.32 Å². The molecule has 0 aliphatic heterocycles. The van der Waals surface area contributed by atoms with E-state index in [0.717, 1.165) is 38.5 Å². The smallest absolute Gasteiger partial charge is 0.305 e. The lowest BCUT2D eigenvalue weighted by atomic mass is 10.0. The number of aliphatic hydroxyl groups is 2. The molecule has 0 aromatic heterocycles. The molecule has 0 radical (unpaired) electrons. The molecule has 2 unspecified atom stereocenters. The minimum absolute atomic E-state index is 0.0243. The van der Waals surface area contributed by atoms with Crippen LogP contribution in [0.2, 0.25) is 0 Å². The molecule has 0 aliphatic carbocycles. The van der Waals surface area contributed by atoms with E-state index < -0.39 is 12.1 Å². The van der Waals surface area contributed by atoms with Gasteiger partial charge in [0.15, 0.2) is 0 Å². The van der Waals surface area contributed by atoms with Gasteiger partial charge in [0, 0.05) is 12.8 Å². The highest BCUT2D eigenvalue weighted by Crippen LogP contribution is 2.19. The fraction of sp³-hybridized carbons (Fsp3) is 0.945. The van der Waals surface area contributed by atoms with Gasteiger partial charge in [0.05, 0.1) is 25.4 Å². The van der Waals surface area contributed by atoms with Gasteiger partial charge in [-0.05, 0) is 32.1 Å². The summed E-state index contributed by atoms with van der Waals surface area (Å²) in [6, 6.07) is -0.624. The molecule has 0 bridgehead atoms. The van der Waals surface area contributed by atoms with Crippen LogP contribution in [0.4, 0.5) is 0 Å². The molecule has 0 fully saturated rings. The molecule has 6 nitrogen and oxygen atoms in total. The number of nitrogens with one attached hydrogen (secondary N) is 1. The number of amides is 1. The van der Waals surface area contributed by atoms with Crippen molar-refractivity contribution in [1.29, 1.82) is 0 Å². The molecule has 1 amide bonds. The Morgan fingerprint density at radius 1 is 0.342 bits per heavy atom. The first-order valence-corrected chi connectivity index (χ1v) is 36.5. The molecule has 0 aromatic rings. The van der Waals surface area contributed by atoms with Crippen molar-refractivity contribution in [3.05, 3.63) is 12.2 Å². The van der Waals surface area contributed by atoms with Crippen LogP contribution in [0.15, 0.2) is 12.2 Å². The number of allylic oxidation sites excluding steroid dienone is 1. The topological polar surface area (TPSA) is 95.9 Å². The van der Waals surface area contributed by atoms with Crippen LogP contribution in [0.25, 0.3) is 0 Å². The maximum Gasteiger partial charge on any atom is 0.305 e. The van der Waals surface area contributed by atoms with Crippen LogP contribution in [0.5, 0.6) is 0 Å². The maximum atomic E-state index is 12.5. The van der Waals surface area contributed by atoms with Gasteiger partial charge in [0.1, 0.15) is 0 Å². The van der Waals surface area contributed by atoms with E-state index in [1.54, 1.807) is 6.08 Å². The summed E-state index contributed by atoms with van der Waals surface area (Å²) in [4.78, 5) is 24.6. The third kappa shape index (κ3) is 65.6. The largest absolute Gasteiger partial charge is 0.466 e. The molecule has 0 saturated carbocycles. The fourth-order valence-corrected chi connectivity index (χ4v) is 11.8. The lowest BCUT2D eigenvalue weighted by Crippen LogP contribution is -2.45. The molecule has 470 valence electrons. The van der Waals surface area contributed by atoms with Crippen molar-refractivity contribution in [3.63, 3.8) is 0 Å². The molecule has 79 heavy (non-hydrogen) atoms. The summed E-state index contributed by atoms with van der Waals surface area (Å²) in [5, 5.41) is 23.2. The molecular weight excluding hydrogens is 971 g/mol. The Balaban J connectivity index is 3.32. The fourth-order valence-electron chi connectivity index (χ4n) is 11.8. The zero-order valence-electron chi connectivity index (χ0n) is 53.9. The lowest BCUT2D eigenvalue weighted by molar-refractivity contribution is -0.143. The van der Waals surface area contributed by atoms with Crippen LogP contribution >= 0.6 is 0 Å². The van der Waals surface area contributed by atoms with Gasteiger partial charge in [-0.1, -0.05) is 386 Å². The van der Waals surface area contributed by atoms with E-state index in [2.05, 4.69) is 19.2 Å². The Morgan fingerprint density at radius 2 is 0.582 bits per heavy atom. The summed E-state index contributed by atoms with van der Waals surface area (Å²) in [6.45, 7) is 4.95. The number of hydrogen-bond donors (Lipinski definition) is 3. The van der Waals surface area contributed by atoms with Gasteiger partial charge in [0.2, 0.25) is 5.91 Å². The van der Waals surface area contributed by atoms with E-state index in [9.17, 15) is 19.8 Å². The van der Waals surface area contributed by atoms with Gasteiger partial charge >= 0.3 is 5.97 Å².